The van der Waals surface area contributed by atoms with E-state index >= 15 is 0 Å². The van der Waals surface area contributed by atoms with Gasteiger partial charge < -0.3 is 31.2 Å². The van der Waals surface area contributed by atoms with Gasteiger partial charge in [-0.2, -0.15) is 6.42 Å². The molecule has 0 heterocycles. The van der Waals surface area contributed by atoms with Crippen LogP contribution in [0.3, 0.4) is 0 Å². The molecule has 0 spiro atoms. The number of carbonyl (C=O) groups is 2. The van der Waals surface area contributed by atoms with Gasteiger partial charge in [0.1, 0.15) is 13.2 Å². The van der Waals surface area contributed by atoms with E-state index in [1.807, 2.05) is 13.1 Å². The zero-order valence-electron chi connectivity index (χ0n) is 27.7. The predicted octanol–water partition coefficient (Wildman–Crippen LogP) is 7.59. The van der Waals surface area contributed by atoms with E-state index in [9.17, 15) is 14.4 Å². The Balaban J connectivity index is -0.000000190. The van der Waals surface area contributed by atoms with Crippen LogP contribution in [0.15, 0.2) is 12.2 Å². The molecule has 0 unspecified atom stereocenters. The number of esters is 1. The summed E-state index contributed by atoms with van der Waals surface area (Å²) in [5, 5.41) is 2.45. The van der Waals surface area contributed by atoms with Crippen LogP contribution >= 0.6 is 0 Å². The topological polar surface area (TPSA) is 94.1 Å². The minimum absolute atomic E-state index is 0. The summed E-state index contributed by atoms with van der Waals surface area (Å²) in [6.07, 6.45) is 5.50. The second-order valence-electron chi connectivity index (χ2n) is 12.7. The first-order chi connectivity index (χ1) is 17.3. The van der Waals surface area contributed by atoms with Crippen molar-refractivity contribution in [3.8, 4) is 0 Å². The third-order valence-electron chi connectivity index (χ3n) is 4.80. The van der Waals surface area contributed by atoms with Crippen LogP contribution in [0.4, 0.5) is 4.79 Å². The molecule has 40 heavy (non-hydrogen) atoms. The summed E-state index contributed by atoms with van der Waals surface area (Å²) < 4.78 is 15.0. The Kier molecular flexibility index (Phi) is 38.1. The van der Waals surface area contributed by atoms with E-state index in [0.29, 0.717) is 24.2 Å². The fourth-order valence-electron chi connectivity index (χ4n) is 2.76. The van der Waals surface area contributed by atoms with Crippen molar-refractivity contribution in [2.75, 3.05) is 33.0 Å². The Morgan fingerprint density at radius 3 is 1.85 bits per heavy atom. The van der Waals surface area contributed by atoms with Gasteiger partial charge in [0, 0.05) is 85.7 Å². The van der Waals surface area contributed by atoms with Gasteiger partial charge >= 0.3 is 12.1 Å². The smallest absolute Gasteiger partial charge is 0.407 e. The zero-order valence-corrected chi connectivity index (χ0v) is 35.4. The first-order valence-corrected chi connectivity index (χ1v) is 20.7. The van der Waals surface area contributed by atoms with Crippen LogP contribution in [0, 0.1) is 12.3 Å². The first kappa shape index (κ1) is 50.7. The average Bonchev–Trinajstić information content (AvgIpc) is 2.77. The molecule has 234 valence electrons. The average molecular weight is 755 g/mol. The molecule has 2 radical (unpaired) electrons. The van der Waals surface area contributed by atoms with Gasteiger partial charge in [-0.25, -0.2) is 9.59 Å². The fraction of sp³-hybridized carbons (Fsp3) is 0.828. The molecule has 0 aliphatic carbocycles. The maximum Gasteiger partial charge on any atom is 0.407 e. The molecule has 0 aromatic heterocycles. The molecule has 0 aliphatic rings. The van der Waals surface area contributed by atoms with Crippen molar-refractivity contribution < 1.29 is 94.0 Å². The number of amides is 1. The Morgan fingerprint density at radius 2 is 1.40 bits per heavy atom. The number of hydrogen-bond donors (Lipinski definition) is 2. The predicted molar refractivity (Wildman–Crippen MR) is 167 cm³/mol. The van der Waals surface area contributed by atoms with Crippen LogP contribution in [0.2, 0.25) is 44.3 Å². The molecule has 0 atom stereocenters. The molecule has 0 aliphatic heterocycles. The summed E-state index contributed by atoms with van der Waals surface area (Å²) in [7, 11) is -2.78. The van der Waals surface area contributed by atoms with Crippen molar-refractivity contribution in [2.24, 2.45) is 5.41 Å². The Morgan fingerprint density at radius 1 is 0.875 bits per heavy atom. The third kappa shape index (κ3) is 51.8. The zero-order chi connectivity index (χ0) is 30.3. The van der Waals surface area contributed by atoms with E-state index < -0.39 is 28.5 Å². The van der Waals surface area contributed by atoms with E-state index in [1.165, 1.54) is 31.4 Å². The van der Waals surface area contributed by atoms with Gasteiger partial charge in [0.05, 0.1) is 13.2 Å². The molecule has 0 rings (SSSR count). The molecule has 0 saturated heterocycles. The molecule has 1 amide bonds. The minimum atomic E-state index is -1.99. The van der Waals surface area contributed by atoms with Gasteiger partial charge in [-0.3, -0.25) is 0 Å². The number of nitrogens with one attached hydrogen (secondary N) is 1. The molecule has 0 aromatic rings. The number of rotatable bonds is 17. The molecule has 0 aromatic carbocycles. The summed E-state index contributed by atoms with van der Waals surface area (Å²) in [6, 6.07) is 3.79. The quantitative estimate of drug-likeness (QED) is 0.0523. The van der Waals surface area contributed by atoms with Crippen molar-refractivity contribution >= 4 is 28.5 Å². The van der Waals surface area contributed by atoms with Crippen molar-refractivity contribution in [3.05, 3.63) is 19.1 Å². The van der Waals surface area contributed by atoms with Crippen LogP contribution < -0.4 is 5.32 Å². The first-order valence-electron chi connectivity index (χ1n) is 14.2. The van der Waals surface area contributed by atoms with Gasteiger partial charge in [0.2, 0.25) is 0 Å². The van der Waals surface area contributed by atoms with Crippen LogP contribution in [0.25, 0.3) is 0 Å². The Bertz CT molecular complexity index is 609. The van der Waals surface area contributed by atoms with E-state index in [0.717, 1.165) is 18.9 Å². The van der Waals surface area contributed by atoms with Gasteiger partial charge in [-0.05, 0) is 37.9 Å². The van der Waals surface area contributed by atoms with Crippen molar-refractivity contribution in [2.45, 2.75) is 118 Å². The Hall–Kier alpha value is 1.04. The maximum atomic E-state index is 11.3. The molecule has 2 N–H and O–H groups in total. The number of carbonyl (C=O) groups excluding carboxylic acids is 2. The normalized spacial score (nSPS) is 10.8. The number of alkyl carbamates (subject to hydrolysis) is 1. The summed E-state index contributed by atoms with van der Waals surface area (Å²) >= 11 is 0. The van der Waals surface area contributed by atoms with Crippen molar-refractivity contribution in [1.82, 2.24) is 5.32 Å². The number of unbranched alkanes of at least 4 members (excludes halogenated alkanes) is 2. The largest absolute Gasteiger partial charge is 0.460 e. The molecule has 0 saturated carbocycles. The Labute approximate surface area is 300 Å². The van der Waals surface area contributed by atoms with E-state index in [-0.39, 0.29) is 85.2 Å². The fourth-order valence-corrected chi connectivity index (χ4v) is 6.53. The maximum absolute atomic E-state index is 11.3. The van der Waals surface area contributed by atoms with E-state index in [4.69, 9.17) is 14.2 Å². The van der Waals surface area contributed by atoms with Gasteiger partial charge in [0.15, 0.2) is 8.32 Å². The second kappa shape index (κ2) is 30.1. The number of hydrogen-bond acceptors (Lipinski definition) is 6. The second-order valence-corrected chi connectivity index (χ2v) is 22.2. The molecular formula is C29H62NO6Si2Y2-. The van der Waals surface area contributed by atoms with Gasteiger partial charge in [0.25, 0.3) is 0 Å². The van der Waals surface area contributed by atoms with E-state index in [1.54, 1.807) is 6.92 Å². The summed E-state index contributed by atoms with van der Waals surface area (Å²) in [6.45, 7) is 30.0. The van der Waals surface area contributed by atoms with Crippen LogP contribution in [0.5, 0.6) is 0 Å². The molecule has 7 nitrogen and oxygen atoms in total. The molecule has 0 bridgehead atoms. The van der Waals surface area contributed by atoms with Crippen LogP contribution in [0.1, 0.15) is 73.6 Å². The van der Waals surface area contributed by atoms with Gasteiger partial charge in [-0.15, -0.1) is 0 Å². The third-order valence-corrected chi connectivity index (χ3v) is 9.79. The molecule has 0 fully saturated rings. The van der Waals surface area contributed by atoms with Crippen LogP contribution in [-0.2, 0) is 84.4 Å². The van der Waals surface area contributed by atoms with Crippen molar-refractivity contribution in [3.63, 3.8) is 0 Å². The molecular weight excluding hydrogens is 692 g/mol. The SMILES string of the molecule is C=C(C)C(=O)OCCNC(=O)OCCOCCC[Si](C)(C)O.CC(C)(C)C.[CH2-]CCC[Si](C)(C)CCCC.[Y].[Y]. The van der Waals surface area contributed by atoms with Crippen LogP contribution in [-0.4, -0.2) is 66.2 Å². The number of ether oxygens (including phenoxy) is 3. The summed E-state index contributed by atoms with van der Waals surface area (Å²) in [5.41, 5.74) is 0.812. The van der Waals surface area contributed by atoms with Crippen molar-refractivity contribution in [1.29, 1.82) is 0 Å². The summed E-state index contributed by atoms with van der Waals surface area (Å²) in [5.74, 6) is -0.488. The van der Waals surface area contributed by atoms with Gasteiger partial charge in [-0.1, -0.05) is 85.6 Å². The summed E-state index contributed by atoms with van der Waals surface area (Å²) in [4.78, 5) is 31.9. The monoisotopic (exact) mass is 754 g/mol. The van der Waals surface area contributed by atoms with E-state index in [2.05, 4.69) is 66.5 Å². The standard InChI is InChI=1S/C14H27NO6Si.C10H23Si.C5H12.2Y/c1-12(2)13(16)20-8-6-15-14(17)21-10-9-19-7-5-11-22(3,4)18;1-5-7-9-11(3,4)10-8-6-2;1-5(2,3)4;;/h18H,1,5-11H2,2-4H3,(H,15,17);1,5-10H2,2-4H3;1-4H3;;/q;-1;;;. The molecule has 11 heteroatoms. The minimum Gasteiger partial charge on any atom is -0.460 e.